The molecule has 0 aliphatic carbocycles. The molecule has 1 aliphatic rings. The van der Waals surface area contributed by atoms with Crippen LogP contribution in [0.5, 0.6) is 0 Å². The van der Waals surface area contributed by atoms with E-state index >= 15 is 0 Å². The molecule has 0 bridgehead atoms. The molecule has 0 radical (unpaired) electrons. The fourth-order valence-corrected chi connectivity index (χ4v) is 1.70. The number of rotatable bonds is 4. The SMILES string of the molecule is Cc1ccc(NCCC2COCCN2)o1. The Morgan fingerprint density at radius 3 is 3.13 bits per heavy atom. The summed E-state index contributed by atoms with van der Waals surface area (Å²) in [5, 5.41) is 6.67. The molecule has 1 aromatic heterocycles. The molecular formula is C11H18N2O2. The monoisotopic (exact) mass is 210 g/mol. The average molecular weight is 210 g/mol. The Bertz CT molecular complexity index is 293. The van der Waals surface area contributed by atoms with Crippen LogP contribution in [-0.4, -0.2) is 32.3 Å². The first kappa shape index (κ1) is 10.5. The van der Waals surface area contributed by atoms with E-state index in [4.69, 9.17) is 9.15 Å². The summed E-state index contributed by atoms with van der Waals surface area (Å²) in [4.78, 5) is 0. The van der Waals surface area contributed by atoms with Crippen LogP contribution < -0.4 is 10.6 Å². The molecule has 1 aromatic rings. The van der Waals surface area contributed by atoms with Gasteiger partial charge in [-0.1, -0.05) is 0 Å². The minimum Gasteiger partial charge on any atom is -0.446 e. The van der Waals surface area contributed by atoms with Crippen LogP contribution in [0, 0.1) is 6.92 Å². The maximum Gasteiger partial charge on any atom is 0.193 e. The predicted molar refractivity (Wildman–Crippen MR) is 59.2 cm³/mol. The number of anilines is 1. The van der Waals surface area contributed by atoms with E-state index in [9.17, 15) is 0 Å². The minimum atomic E-state index is 0.474. The number of hydrogen-bond donors (Lipinski definition) is 2. The van der Waals surface area contributed by atoms with Gasteiger partial charge < -0.3 is 19.8 Å². The smallest absolute Gasteiger partial charge is 0.193 e. The van der Waals surface area contributed by atoms with Crippen molar-refractivity contribution in [1.29, 1.82) is 0 Å². The number of nitrogens with one attached hydrogen (secondary N) is 2. The van der Waals surface area contributed by atoms with E-state index in [2.05, 4.69) is 10.6 Å². The lowest BCUT2D eigenvalue weighted by atomic mass is 10.2. The zero-order valence-corrected chi connectivity index (χ0v) is 9.08. The number of furan rings is 1. The first-order valence-corrected chi connectivity index (χ1v) is 5.46. The number of hydrogen-bond acceptors (Lipinski definition) is 4. The van der Waals surface area contributed by atoms with Gasteiger partial charge in [0.1, 0.15) is 5.76 Å². The largest absolute Gasteiger partial charge is 0.446 e. The summed E-state index contributed by atoms with van der Waals surface area (Å²) in [6.07, 6.45) is 1.06. The van der Waals surface area contributed by atoms with Gasteiger partial charge in [0.05, 0.1) is 13.2 Å². The zero-order valence-electron chi connectivity index (χ0n) is 9.08. The molecule has 0 amide bonds. The summed E-state index contributed by atoms with van der Waals surface area (Å²) < 4.78 is 10.8. The van der Waals surface area contributed by atoms with Crippen molar-refractivity contribution in [3.05, 3.63) is 17.9 Å². The van der Waals surface area contributed by atoms with Crippen molar-refractivity contribution in [2.75, 3.05) is 31.6 Å². The molecular weight excluding hydrogens is 192 g/mol. The van der Waals surface area contributed by atoms with Crippen molar-refractivity contribution >= 4 is 5.88 Å². The van der Waals surface area contributed by atoms with Crippen LogP contribution in [0.15, 0.2) is 16.5 Å². The van der Waals surface area contributed by atoms with Gasteiger partial charge in [0, 0.05) is 25.2 Å². The second-order valence-electron chi connectivity index (χ2n) is 3.85. The van der Waals surface area contributed by atoms with Crippen LogP contribution in [-0.2, 0) is 4.74 Å². The Balaban J connectivity index is 1.65. The van der Waals surface area contributed by atoms with Gasteiger partial charge in [0.25, 0.3) is 0 Å². The number of ether oxygens (including phenoxy) is 1. The summed E-state index contributed by atoms with van der Waals surface area (Å²) in [6, 6.07) is 4.40. The highest BCUT2D eigenvalue weighted by Gasteiger charge is 2.12. The molecule has 0 spiro atoms. The summed E-state index contributed by atoms with van der Waals surface area (Å²) in [5.41, 5.74) is 0. The van der Waals surface area contributed by atoms with Crippen molar-refractivity contribution in [3.8, 4) is 0 Å². The number of aryl methyl sites for hydroxylation is 1. The molecule has 1 saturated heterocycles. The van der Waals surface area contributed by atoms with Gasteiger partial charge in [-0.15, -0.1) is 0 Å². The molecule has 1 atom stereocenters. The lowest BCUT2D eigenvalue weighted by molar-refractivity contribution is 0.0753. The van der Waals surface area contributed by atoms with Crippen LogP contribution in [0.3, 0.4) is 0 Å². The lowest BCUT2D eigenvalue weighted by Crippen LogP contribution is -2.42. The van der Waals surface area contributed by atoms with E-state index in [1.807, 2.05) is 19.1 Å². The second-order valence-corrected chi connectivity index (χ2v) is 3.85. The van der Waals surface area contributed by atoms with E-state index in [-0.39, 0.29) is 0 Å². The first-order valence-electron chi connectivity index (χ1n) is 5.46. The Kier molecular flexibility index (Phi) is 3.64. The summed E-state index contributed by atoms with van der Waals surface area (Å²) in [7, 11) is 0. The molecule has 2 N–H and O–H groups in total. The van der Waals surface area contributed by atoms with Crippen LogP contribution in [0.2, 0.25) is 0 Å². The van der Waals surface area contributed by atoms with Gasteiger partial charge in [0.2, 0.25) is 0 Å². The average Bonchev–Trinajstić information content (AvgIpc) is 2.66. The van der Waals surface area contributed by atoms with Crippen molar-refractivity contribution in [1.82, 2.24) is 5.32 Å². The Labute approximate surface area is 90.0 Å². The van der Waals surface area contributed by atoms with Crippen LogP contribution >= 0.6 is 0 Å². The topological polar surface area (TPSA) is 46.4 Å². The molecule has 4 nitrogen and oxygen atoms in total. The third-order valence-electron chi connectivity index (χ3n) is 2.53. The highest BCUT2D eigenvalue weighted by atomic mass is 16.5. The van der Waals surface area contributed by atoms with Crippen LogP contribution in [0.1, 0.15) is 12.2 Å². The van der Waals surface area contributed by atoms with E-state index in [0.717, 1.165) is 44.4 Å². The van der Waals surface area contributed by atoms with E-state index in [0.29, 0.717) is 6.04 Å². The molecule has 1 unspecified atom stereocenters. The summed E-state index contributed by atoms with van der Waals surface area (Å²) in [5.74, 6) is 1.79. The van der Waals surface area contributed by atoms with Gasteiger partial charge in [-0.25, -0.2) is 0 Å². The van der Waals surface area contributed by atoms with E-state index in [1.165, 1.54) is 0 Å². The fraction of sp³-hybridized carbons (Fsp3) is 0.636. The first-order chi connectivity index (χ1) is 7.34. The van der Waals surface area contributed by atoms with Gasteiger partial charge in [-0.05, 0) is 19.4 Å². The van der Waals surface area contributed by atoms with Crippen LogP contribution in [0.4, 0.5) is 5.88 Å². The summed E-state index contributed by atoms with van der Waals surface area (Å²) >= 11 is 0. The van der Waals surface area contributed by atoms with Gasteiger partial charge >= 0.3 is 0 Å². The molecule has 1 aliphatic heterocycles. The van der Waals surface area contributed by atoms with E-state index < -0.39 is 0 Å². The molecule has 1 fully saturated rings. The lowest BCUT2D eigenvalue weighted by Gasteiger charge is -2.23. The highest BCUT2D eigenvalue weighted by molar-refractivity contribution is 5.31. The molecule has 2 rings (SSSR count). The highest BCUT2D eigenvalue weighted by Crippen LogP contribution is 2.11. The third-order valence-corrected chi connectivity index (χ3v) is 2.53. The normalized spacial score (nSPS) is 21.5. The maximum absolute atomic E-state index is 5.41. The van der Waals surface area contributed by atoms with Crippen molar-refractivity contribution < 1.29 is 9.15 Å². The third kappa shape index (κ3) is 3.25. The van der Waals surface area contributed by atoms with Crippen molar-refractivity contribution in [2.24, 2.45) is 0 Å². The number of morpholine rings is 1. The van der Waals surface area contributed by atoms with Gasteiger partial charge in [0.15, 0.2) is 5.88 Å². The fourth-order valence-electron chi connectivity index (χ4n) is 1.70. The maximum atomic E-state index is 5.41. The molecule has 2 heterocycles. The minimum absolute atomic E-state index is 0.474. The van der Waals surface area contributed by atoms with Crippen LogP contribution in [0.25, 0.3) is 0 Å². The van der Waals surface area contributed by atoms with Crippen molar-refractivity contribution in [3.63, 3.8) is 0 Å². The van der Waals surface area contributed by atoms with Crippen molar-refractivity contribution in [2.45, 2.75) is 19.4 Å². The summed E-state index contributed by atoms with van der Waals surface area (Å²) in [6.45, 7) is 5.47. The Morgan fingerprint density at radius 1 is 1.53 bits per heavy atom. The zero-order chi connectivity index (χ0) is 10.5. The Morgan fingerprint density at radius 2 is 2.47 bits per heavy atom. The molecule has 4 heteroatoms. The standard InChI is InChI=1S/C11H18N2O2/c1-9-2-3-11(15-9)13-5-4-10-8-14-7-6-12-10/h2-3,10,12-13H,4-8H2,1H3. The van der Waals surface area contributed by atoms with Gasteiger partial charge in [-0.2, -0.15) is 0 Å². The van der Waals surface area contributed by atoms with Gasteiger partial charge in [-0.3, -0.25) is 0 Å². The molecule has 0 aromatic carbocycles. The van der Waals surface area contributed by atoms with E-state index in [1.54, 1.807) is 0 Å². The molecule has 0 saturated carbocycles. The molecule has 15 heavy (non-hydrogen) atoms. The quantitative estimate of drug-likeness (QED) is 0.788. The predicted octanol–water partition coefficient (Wildman–Crippen LogP) is 1.38. The second kappa shape index (κ2) is 5.19. The molecule has 84 valence electrons. The Hall–Kier alpha value is -1.00.